The minimum absolute atomic E-state index is 0.0505. The second-order valence-corrected chi connectivity index (χ2v) is 14.1. The van der Waals surface area contributed by atoms with Gasteiger partial charge in [0.1, 0.15) is 22.2 Å². The van der Waals surface area contributed by atoms with Gasteiger partial charge in [-0.25, -0.2) is 29.5 Å². The molecule has 2 fully saturated rings. The number of carbonyl (C=O) groups excluding carboxylic acids is 2. The van der Waals surface area contributed by atoms with Crippen molar-refractivity contribution in [3.05, 3.63) is 33.5 Å². The van der Waals surface area contributed by atoms with Crippen LogP contribution in [0.25, 0.3) is 22.3 Å². The molecule has 0 unspecified atom stereocenters. The van der Waals surface area contributed by atoms with E-state index in [1.165, 1.54) is 11.2 Å². The summed E-state index contributed by atoms with van der Waals surface area (Å²) in [5, 5.41) is 9.89. The van der Waals surface area contributed by atoms with Gasteiger partial charge in [-0.3, -0.25) is 0 Å². The van der Waals surface area contributed by atoms with Gasteiger partial charge in [0.15, 0.2) is 21.6 Å². The Morgan fingerprint density at radius 3 is 2.00 bits per heavy atom. The molecule has 6 heterocycles. The predicted octanol–water partition coefficient (Wildman–Crippen LogP) is 5.96. The third-order valence-electron chi connectivity index (χ3n) is 6.59. The van der Waals surface area contributed by atoms with Crippen LogP contribution in [-0.2, 0) is 9.47 Å². The lowest BCUT2D eigenvalue weighted by molar-refractivity contribution is 0.0266. The molecule has 2 saturated heterocycles. The zero-order chi connectivity index (χ0) is 34.7. The summed E-state index contributed by atoms with van der Waals surface area (Å²) in [7, 11) is 0. The number of carbonyl (C=O) groups is 2. The number of amides is 2. The van der Waals surface area contributed by atoms with Crippen molar-refractivity contribution in [1.82, 2.24) is 49.3 Å². The smallest absolute Gasteiger partial charge is 0.410 e. The highest BCUT2D eigenvalue weighted by Gasteiger charge is 2.32. The van der Waals surface area contributed by atoms with Crippen molar-refractivity contribution in [2.75, 3.05) is 26.2 Å². The molecule has 0 bridgehead atoms. The summed E-state index contributed by atoms with van der Waals surface area (Å²) >= 11 is 23.1. The normalized spacial score (nSPS) is 18.1. The van der Waals surface area contributed by atoms with Gasteiger partial charge in [0, 0.05) is 26.2 Å². The van der Waals surface area contributed by atoms with E-state index in [0.29, 0.717) is 54.9 Å². The Morgan fingerprint density at radius 1 is 0.830 bits per heavy atom. The topological polar surface area (TPSA) is 177 Å². The summed E-state index contributed by atoms with van der Waals surface area (Å²) in [5.74, 6) is 0. The van der Waals surface area contributed by atoms with Gasteiger partial charge in [-0.15, -0.1) is 0 Å². The molecule has 0 aromatic carbocycles. The lowest BCUT2D eigenvalue weighted by Crippen LogP contribution is -2.35. The van der Waals surface area contributed by atoms with Crippen LogP contribution in [0, 0.1) is 0 Å². The van der Waals surface area contributed by atoms with Gasteiger partial charge in [0.2, 0.25) is 10.6 Å². The minimum Gasteiger partial charge on any atom is -0.444 e. The van der Waals surface area contributed by atoms with E-state index in [1.54, 1.807) is 11.2 Å². The van der Waals surface area contributed by atoms with E-state index in [4.69, 9.17) is 55.9 Å². The van der Waals surface area contributed by atoms with Gasteiger partial charge < -0.3 is 33.9 Å². The molecule has 4 aromatic heterocycles. The lowest BCUT2D eigenvalue weighted by Gasteiger charge is -2.24. The Labute approximate surface area is 290 Å². The van der Waals surface area contributed by atoms with Crippen LogP contribution in [0.2, 0.25) is 20.9 Å². The highest BCUT2D eigenvalue weighted by molar-refractivity contribution is 6.35. The minimum atomic E-state index is -0.509. The molecular weight excluding hydrogens is 698 g/mol. The van der Waals surface area contributed by atoms with Crippen LogP contribution in [0.5, 0.6) is 0 Å². The second-order valence-electron chi connectivity index (χ2n) is 12.7. The number of imidazole rings is 2. The molecule has 2 amide bonds. The van der Waals surface area contributed by atoms with E-state index in [2.05, 4.69) is 34.9 Å². The van der Waals surface area contributed by atoms with Crippen LogP contribution >= 0.6 is 46.4 Å². The number of ether oxygens (including phenoxy) is 2. The highest BCUT2D eigenvalue weighted by atomic mass is 35.5. The molecule has 47 heavy (non-hydrogen) atoms. The second kappa shape index (κ2) is 14.9. The van der Waals surface area contributed by atoms with Crippen LogP contribution in [0.15, 0.2) is 12.7 Å². The molecule has 2 aliphatic rings. The number of hydrogen-bond acceptors (Lipinski definition) is 11. The summed E-state index contributed by atoms with van der Waals surface area (Å²) < 4.78 is 12.4. The van der Waals surface area contributed by atoms with Crippen LogP contribution < -0.4 is 0 Å². The molecule has 2 atom stereocenters. The number of aromatic nitrogens is 8. The number of H-pyrrole nitrogens is 1. The van der Waals surface area contributed by atoms with Crippen LogP contribution in [0.4, 0.5) is 9.59 Å². The number of fused-ring (bicyclic) bond motifs is 2. The maximum Gasteiger partial charge on any atom is 0.410 e. The van der Waals surface area contributed by atoms with Gasteiger partial charge >= 0.3 is 12.2 Å². The predicted molar refractivity (Wildman–Crippen MR) is 177 cm³/mol. The van der Waals surface area contributed by atoms with Crippen molar-refractivity contribution in [1.29, 1.82) is 0 Å². The van der Waals surface area contributed by atoms with Crippen LogP contribution in [0.3, 0.4) is 0 Å². The number of nitrogens with one attached hydrogen (secondary N) is 1. The monoisotopic (exact) mass is 732 g/mol. The Balaban J connectivity index is 0.000000176. The summed E-state index contributed by atoms with van der Waals surface area (Å²) in [6.45, 7) is 13.2. The van der Waals surface area contributed by atoms with Gasteiger partial charge in [0.05, 0.1) is 24.8 Å². The van der Waals surface area contributed by atoms with Crippen molar-refractivity contribution >= 4 is 80.9 Å². The Morgan fingerprint density at radius 2 is 1.40 bits per heavy atom. The number of hydrogen-bond donors (Lipinski definition) is 2. The lowest BCUT2D eigenvalue weighted by atomic mass is 10.2. The number of aromatic amines is 1. The zero-order valence-electron chi connectivity index (χ0n) is 26.7. The zero-order valence-corrected chi connectivity index (χ0v) is 29.7. The molecule has 256 valence electrons. The van der Waals surface area contributed by atoms with E-state index < -0.39 is 11.2 Å². The average molecular weight is 734 g/mol. The number of aliphatic hydroxyl groups is 1. The summed E-state index contributed by atoms with van der Waals surface area (Å²) in [6, 6.07) is 0.0505. The molecule has 6 rings (SSSR count). The van der Waals surface area contributed by atoms with Crippen molar-refractivity contribution in [3.63, 3.8) is 0 Å². The Bertz CT molecular complexity index is 1720. The molecule has 0 saturated carbocycles. The average Bonchev–Trinajstić information content (AvgIpc) is 3.74. The fourth-order valence-electron chi connectivity index (χ4n) is 4.59. The quantitative estimate of drug-likeness (QED) is 0.174. The van der Waals surface area contributed by atoms with E-state index in [0.717, 1.165) is 6.42 Å². The number of halogens is 4. The van der Waals surface area contributed by atoms with Gasteiger partial charge in [-0.2, -0.15) is 9.97 Å². The summed E-state index contributed by atoms with van der Waals surface area (Å²) in [4.78, 5) is 53.3. The van der Waals surface area contributed by atoms with Crippen molar-refractivity contribution in [2.24, 2.45) is 0 Å². The fourth-order valence-corrected chi connectivity index (χ4v) is 5.44. The number of likely N-dealkylation sites (tertiary alicyclic amines) is 2. The summed E-state index contributed by atoms with van der Waals surface area (Å²) in [6.07, 6.45) is 3.56. The molecular formula is C28H36Cl4N10O5. The molecule has 0 aliphatic carbocycles. The van der Waals surface area contributed by atoms with E-state index in [1.807, 2.05) is 46.1 Å². The molecule has 0 radical (unpaired) electrons. The number of nitrogens with zero attached hydrogens (tertiary/aromatic N) is 9. The highest BCUT2D eigenvalue weighted by Crippen LogP contribution is 2.29. The fraction of sp³-hybridized carbons (Fsp3) is 0.571. The molecule has 15 nitrogen and oxygen atoms in total. The van der Waals surface area contributed by atoms with E-state index >= 15 is 0 Å². The van der Waals surface area contributed by atoms with Gasteiger partial charge in [0.25, 0.3) is 0 Å². The van der Waals surface area contributed by atoms with Crippen LogP contribution in [-0.4, -0.2) is 110 Å². The summed E-state index contributed by atoms with van der Waals surface area (Å²) in [5.41, 5.74) is 1.21. The first kappa shape index (κ1) is 36.6. The maximum atomic E-state index is 12.2. The Hall–Kier alpha value is -3.24. The molecule has 19 heteroatoms. The van der Waals surface area contributed by atoms with Gasteiger partial charge in [-0.05, 0) is 77.6 Å². The van der Waals surface area contributed by atoms with Crippen molar-refractivity contribution in [3.8, 4) is 0 Å². The maximum absolute atomic E-state index is 12.2. The Kier molecular flexibility index (Phi) is 11.6. The number of β-amino-alcohol motifs (C(OH)–C–C–N with tert-alkyl or cyclic N) is 1. The van der Waals surface area contributed by atoms with E-state index in [-0.39, 0.29) is 45.2 Å². The number of aliphatic hydroxyl groups excluding tert-OH is 1. The molecule has 2 N–H and O–H groups in total. The third-order valence-corrected chi connectivity index (χ3v) is 7.46. The molecule has 4 aromatic rings. The first-order valence-electron chi connectivity index (χ1n) is 14.6. The van der Waals surface area contributed by atoms with E-state index in [9.17, 15) is 14.7 Å². The van der Waals surface area contributed by atoms with Crippen LogP contribution in [0.1, 0.15) is 60.4 Å². The first-order valence-corrected chi connectivity index (χ1v) is 16.1. The largest absolute Gasteiger partial charge is 0.444 e. The number of rotatable bonds is 1. The van der Waals surface area contributed by atoms with Crippen molar-refractivity contribution in [2.45, 2.75) is 77.7 Å². The standard InChI is InChI=1S/C14H17Cl2N5O2.C9H17NO3.C5H2Cl2N4/c1-14(2,3)23-13(22)20-5-4-8(6-20)21-7-17-9-10(15)18-12(16)19-11(9)21;1-9(2,3)13-8(12)10-5-4-7(11)6-10;6-3-2-4(9-1-8-2)11-5(7)10-3/h7-8H,4-6H2,1-3H3;7,11H,4-6H2,1-3H3;1H,(H,8,9,10,11)/t8-;7-;/m01./s1. The molecule has 0 spiro atoms. The van der Waals surface area contributed by atoms with Gasteiger partial charge in [-0.1, -0.05) is 23.2 Å². The first-order chi connectivity index (χ1) is 21.9. The van der Waals surface area contributed by atoms with Crippen molar-refractivity contribution < 1.29 is 24.2 Å². The third kappa shape index (κ3) is 10.1. The molecule has 2 aliphatic heterocycles. The SMILES string of the molecule is CC(C)(C)OC(=O)N1CC[C@@H](O)C1.CC(C)(C)OC(=O)N1CC[C@H](n2cnc3c(Cl)nc(Cl)nc32)C1.Clc1nc(Cl)c2[nH]cnc2n1.